The number of methoxy groups -OCH3 is 2. The van der Waals surface area contributed by atoms with Crippen LogP contribution < -0.4 is 20.1 Å². The van der Waals surface area contributed by atoms with Crippen LogP contribution in [-0.2, 0) is 0 Å². The molecule has 0 radical (unpaired) electrons. The molecule has 7 nitrogen and oxygen atoms in total. The van der Waals surface area contributed by atoms with Gasteiger partial charge in [0.05, 0.1) is 18.7 Å². The van der Waals surface area contributed by atoms with E-state index in [0.717, 1.165) is 5.56 Å². The highest BCUT2D eigenvalue weighted by Crippen LogP contribution is 2.28. The summed E-state index contributed by atoms with van der Waals surface area (Å²) in [6.45, 7) is 0. The van der Waals surface area contributed by atoms with E-state index in [1.807, 2.05) is 42.5 Å². The van der Waals surface area contributed by atoms with Crippen LogP contribution in [0.1, 0.15) is 10.4 Å². The van der Waals surface area contributed by atoms with E-state index in [-0.39, 0.29) is 11.0 Å². The number of hydrogen-bond donors (Lipinski definition) is 2. The Kier molecular flexibility index (Phi) is 6.38. The van der Waals surface area contributed by atoms with Crippen LogP contribution >= 0.6 is 28.1 Å². The van der Waals surface area contributed by atoms with Crippen molar-refractivity contribution in [3.63, 3.8) is 0 Å². The molecule has 2 N–H and O–H groups in total. The van der Waals surface area contributed by atoms with Crippen molar-refractivity contribution < 1.29 is 18.7 Å². The number of rotatable bonds is 5. The summed E-state index contributed by atoms with van der Waals surface area (Å²) in [7, 11) is 3.16. The SMILES string of the molecule is COc1ccc2oc(-c3cccc(NC(=S)NC(=O)c4ccc(OC)c(Br)c4)c3)nc2c1. The Bertz CT molecular complexity index is 1320. The van der Waals surface area contributed by atoms with Crippen LogP contribution in [0.2, 0.25) is 0 Å². The van der Waals surface area contributed by atoms with Gasteiger partial charge in [-0.15, -0.1) is 0 Å². The van der Waals surface area contributed by atoms with Gasteiger partial charge in [-0.1, -0.05) is 6.07 Å². The minimum absolute atomic E-state index is 0.168. The van der Waals surface area contributed by atoms with Crippen molar-refractivity contribution in [3.8, 4) is 23.0 Å². The molecule has 0 aliphatic carbocycles. The van der Waals surface area contributed by atoms with E-state index in [4.69, 9.17) is 26.1 Å². The molecule has 0 spiro atoms. The Morgan fingerprint density at radius 2 is 1.91 bits per heavy atom. The van der Waals surface area contributed by atoms with E-state index in [2.05, 4.69) is 31.5 Å². The highest BCUT2D eigenvalue weighted by atomic mass is 79.9. The number of fused-ring (bicyclic) bond motifs is 1. The molecule has 0 unspecified atom stereocenters. The number of amides is 1. The average Bonchev–Trinajstić information content (AvgIpc) is 3.22. The first-order valence-electron chi connectivity index (χ1n) is 9.47. The molecule has 1 amide bonds. The lowest BCUT2D eigenvalue weighted by atomic mass is 10.2. The van der Waals surface area contributed by atoms with Gasteiger partial charge in [0.2, 0.25) is 5.89 Å². The maximum atomic E-state index is 12.5. The number of nitrogens with zero attached hydrogens (tertiary/aromatic N) is 1. The Morgan fingerprint density at radius 1 is 1.06 bits per heavy atom. The third-order valence-electron chi connectivity index (χ3n) is 4.60. The zero-order chi connectivity index (χ0) is 22.7. The van der Waals surface area contributed by atoms with Crippen molar-refractivity contribution in [1.29, 1.82) is 0 Å². The topological polar surface area (TPSA) is 85.6 Å². The zero-order valence-corrected chi connectivity index (χ0v) is 19.5. The van der Waals surface area contributed by atoms with E-state index in [0.29, 0.717) is 44.2 Å². The molecule has 3 aromatic carbocycles. The number of benzene rings is 3. The summed E-state index contributed by atoms with van der Waals surface area (Å²) in [4.78, 5) is 17.0. The average molecular weight is 512 g/mol. The van der Waals surface area contributed by atoms with Gasteiger partial charge in [-0.3, -0.25) is 10.1 Å². The Labute approximate surface area is 197 Å². The van der Waals surface area contributed by atoms with Crippen molar-refractivity contribution in [1.82, 2.24) is 10.3 Å². The number of nitrogens with one attached hydrogen (secondary N) is 2. The van der Waals surface area contributed by atoms with Crippen molar-refractivity contribution in [2.75, 3.05) is 19.5 Å². The van der Waals surface area contributed by atoms with Gasteiger partial charge in [0.15, 0.2) is 10.7 Å². The summed E-state index contributed by atoms with van der Waals surface area (Å²) in [5.41, 5.74) is 3.25. The zero-order valence-electron chi connectivity index (χ0n) is 17.1. The number of thiocarbonyl (C=S) groups is 1. The van der Waals surface area contributed by atoms with Gasteiger partial charge >= 0.3 is 0 Å². The number of carbonyl (C=O) groups is 1. The molecule has 0 saturated carbocycles. The van der Waals surface area contributed by atoms with Gasteiger partial charge in [-0.2, -0.15) is 0 Å². The van der Waals surface area contributed by atoms with Gasteiger partial charge in [-0.05, 0) is 76.7 Å². The fourth-order valence-corrected chi connectivity index (χ4v) is 3.78. The number of anilines is 1. The molecule has 0 atom stereocenters. The molecule has 9 heteroatoms. The first-order valence-corrected chi connectivity index (χ1v) is 10.7. The second-order valence-electron chi connectivity index (χ2n) is 6.69. The fourth-order valence-electron chi connectivity index (χ4n) is 3.03. The summed E-state index contributed by atoms with van der Waals surface area (Å²) in [6.07, 6.45) is 0. The van der Waals surface area contributed by atoms with E-state index in [1.165, 1.54) is 0 Å². The van der Waals surface area contributed by atoms with Crippen LogP contribution in [0.3, 0.4) is 0 Å². The summed E-state index contributed by atoms with van der Waals surface area (Å²) >= 11 is 8.67. The Hall–Kier alpha value is -3.43. The molecule has 32 heavy (non-hydrogen) atoms. The normalized spacial score (nSPS) is 10.6. The number of aromatic nitrogens is 1. The van der Waals surface area contributed by atoms with Crippen LogP contribution in [0.5, 0.6) is 11.5 Å². The van der Waals surface area contributed by atoms with Gasteiger partial charge in [0.25, 0.3) is 5.91 Å². The molecular weight excluding hydrogens is 494 g/mol. The molecule has 0 fully saturated rings. The van der Waals surface area contributed by atoms with Crippen LogP contribution in [0, 0.1) is 0 Å². The predicted molar refractivity (Wildman–Crippen MR) is 130 cm³/mol. The standard InChI is InChI=1S/C23H18BrN3O4S/c1-29-16-7-9-20-18(12-16)26-22(31-20)14-4-3-5-15(10-14)25-23(32)27-21(28)13-6-8-19(30-2)17(24)11-13/h3-12H,1-2H3,(H2,25,27,28,32). The number of halogens is 1. The van der Waals surface area contributed by atoms with E-state index < -0.39 is 0 Å². The summed E-state index contributed by atoms with van der Waals surface area (Å²) in [5, 5.41) is 5.85. The fraction of sp³-hybridized carbons (Fsp3) is 0.0870. The van der Waals surface area contributed by atoms with Crippen LogP contribution in [-0.4, -0.2) is 30.2 Å². The molecule has 0 bridgehead atoms. The Balaban J connectivity index is 1.47. The lowest BCUT2D eigenvalue weighted by molar-refractivity contribution is 0.0977. The second-order valence-corrected chi connectivity index (χ2v) is 7.95. The van der Waals surface area contributed by atoms with Crippen molar-refractivity contribution >= 4 is 56.0 Å². The summed E-state index contributed by atoms with van der Waals surface area (Å²) in [5.74, 6) is 1.47. The van der Waals surface area contributed by atoms with Crippen molar-refractivity contribution in [2.45, 2.75) is 0 Å². The van der Waals surface area contributed by atoms with E-state index in [1.54, 1.807) is 32.4 Å². The molecule has 0 saturated heterocycles. The third kappa shape index (κ3) is 4.74. The number of ether oxygens (including phenoxy) is 2. The molecule has 1 heterocycles. The largest absolute Gasteiger partial charge is 0.497 e. The maximum Gasteiger partial charge on any atom is 0.257 e. The summed E-state index contributed by atoms with van der Waals surface area (Å²) in [6, 6.07) is 17.9. The highest BCUT2D eigenvalue weighted by molar-refractivity contribution is 9.10. The molecular formula is C23H18BrN3O4S. The molecule has 4 aromatic rings. The number of hydrogen-bond acceptors (Lipinski definition) is 6. The van der Waals surface area contributed by atoms with Gasteiger partial charge in [-0.25, -0.2) is 4.98 Å². The molecule has 4 rings (SSSR count). The smallest absolute Gasteiger partial charge is 0.257 e. The third-order valence-corrected chi connectivity index (χ3v) is 5.43. The molecule has 0 aliphatic heterocycles. The predicted octanol–water partition coefficient (Wildman–Crippen LogP) is 5.40. The minimum atomic E-state index is -0.338. The molecule has 162 valence electrons. The molecule has 0 aliphatic rings. The summed E-state index contributed by atoms with van der Waals surface area (Å²) < 4.78 is 16.9. The first-order chi connectivity index (χ1) is 15.5. The molecule has 1 aromatic heterocycles. The second kappa shape index (κ2) is 9.37. The van der Waals surface area contributed by atoms with E-state index in [9.17, 15) is 4.79 Å². The maximum absolute atomic E-state index is 12.5. The van der Waals surface area contributed by atoms with Crippen LogP contribution in [0.15, 0.2) is 69.6 Å². The quantitative estimate of drug-likeness (QED) is 0.347. The van der Waals surface area contributed by atoms with E-state index >= 15 is 0 Å². The number of carbonyl (C=O) groups excluding carboxylic acids is 1. The van der Waals surface area contributed by atoms with Gasteiger partial charge in [0.1, 0.15) is 17.0 Å². The van der Waals surface area contributed by atoms with Crippen LogP contribution in [0.4, 0.5) is 5.69 Å². The lowest BCUT2D eigenvalue weighted by Gasteiger charge is -2.11. The van der Waals surface area contributed by atoms with Gasteiger partial charge in [0, 0.05) is 22.9 Å². The Morgan fingerprint density at radius 3 is 2.66 bits per heavy atom. The van der Waals surface area contributed by atoms with Crippen molar-refractivity contribution in [2.24, 2.45) is 0 Å². The highest BCUT2D eigenvalue weighted by Gasteiger charge is 2.13. The minimum Gasteiger partial charge on any atom is -0.497 e. The number of oxazole rings is 1. The lowest BCUT2D eigenvalue weighted by Crippen LogP contribution is -2.34. The van der Waals surface area contributed by atoms with Crippen molar-refractivity contribution in [3.05, 3.63) is 70.7 Å². The van der Waals surface area contributed by atoms with Gasteiger partial charge < -0.3 is 19.2 Å². The van der Waals surface area contributed by atoms with Crippen LogP contribution in [0.25, 0.3) is 22.6 Å². The monoisotopic (exact) mass is 511 g/mol. The first kappa shape index (κ1) is 21.8.